The summed E-state index contributed by atoms with van der Waals surface area (Å²) in [5.41, 5.74) is 3.33. The Balaban J connectivity index is 1.56. The Hall–Kier alpha value is -2.95. The zero-order valence-electron chi connectivity index (χ0n) is 15.8. The molecule has 140 valence electrons. The van der Waals surface area contributed by atoms with Crippen molar-refractivity contribution < 1.29 is 14.4 Å². The van der Waals surface area contributed by atoms with Crippen LogP contribution >= 0.6 is 0 Å². The normalized spacial score (nSPS) is 14.1. The van der Waals surface area contributed by atoms with Crippen molar-refractivity contribution in [3.05, 3.63) is 70.8 Å². The largest absolute Gasteiger partial charge is 0.339 e. The Morgan fingerprint density at radius 3 is 1.96 bits per heavy atom. The highest BCUT2D eigenvalue weighted by atomic mass is 16.2. The first-order chi connectivity index (χ1) is 13.0. The fraction of sp³-hybridized carbons (Fsp3) is 0.318. The third-order valence-corrected chi connectivity index (χ3v) is 5.06. The second-order valence-electron chi connectivity index (χ2n) is 6.91. The molecule has 1 heterocycles. The summed E-state index contributed by atoms with van der Waals surface area (Å²) in [5.74, 6) is 0.0214. The van der Waals surface area contributed by atoms with Crippen LogP contribution in [0, 0.1) is 6.92 Å². The molecule has 0 unspecified atom stereocenters. The lowest BCUT2D eigenvalue weighted by Crippen LogP contribution is -2.51. The third kappa shape index (κ3) is 4.42. The summed E-state index contributed by atoms with van der Waals surface area (Å²) in [6.07, 6.45) is 0.396. The molecule has 0 bridgehead atoms. The van der Waals surface area contributed by atoms with E-state index in [1.807, 2.05) is 36.1 Å². The van der Waals surface area contributed by atoms with E-state index in [0.29, 0.717) is 43.7 Å². The van der Waals surface area contributed by atoms with Gasteiger partial charge in [0.25, 0.3) is 5.91 Å². The van der Waals surface area contributed by atoms with Crippen LogP contribution in [0.15, 0.2) is 48.5 Å². The summed E-state index contributed by atoms with van der Waals surface area (Å²) >= 11 is 0. The Morgan fingerprint density at radius 2 is 1.37 bits per heavy atom. The number of carbonyl (C=O) groups excluding carboxylic acids is 3. The van der Waals surface area contributed by atoms with Gasteiger partial charge in [0, 0.05) is 37.3 Å². The smallest absolute Gasteiger partial charge is 0.253 e. The van der Waals surface area contributed by atoms with Gasteiger partial charge in [-0.1, -0.05) is 36.4 Å². The van der Waals surface area contributed by atoms with Gasteiger partial charge in [0.2, 0.25) is 5.91 Å². The molecule has 27 heavy (non-hydrogen) atoms. The van der Waals surface area contributed by atoms with Gasteiger partial charge in [0.1, 0.15) is 0 Å². The number of benzene rings is 2. The van der Waals surface area contributed by atoms with Crippen LogP contribution < -0.4 is 0 Å². The Labute approximate surface area is 159 Å². The van der Waals surface area contributed by atoms with E-state index in [9.17, 15) is 14.4 Å². The minimum atomic E-state index is -0.0592. The van der Waals surface area contributed by atoms with Gasteiger partial charge in [0.05, 0.1) is 6.42 Å². The van der Waals surface area contributed by atoms with Crippen molar-refractivity contribution in [1.29, 1.82) is 0 Å². The first-order valence-corrected chi connectivity index (χ1v) is 9.18. The first kappa shape index (κ1) is 18.8. The summed E-state index contributed by atoms with van der Waals surface area (Å²) in [7, 11) is 0. The third-order valence-electron chi connectivity index (χ3n) is 5.06. The number of hydrogen-bond acceptors (Lipinski definition) is 3. The van der Waals surface area contributed by atoms with Crippen LogP contribution in [0.4, 0.5) is 0 Å². The van der Waals surface area contributed by atoms with E-state index in [-0.39, 0.29) is 17.6 Å². The van der Waals surface area contributed by atoms with E-state index < -0.39 is 0 Å². The standard InChI is InChI=1S/C22H24N2O3/c1-16-5-3-4-6-20(16)15-21(26)23-11-13-24(14-12-23)22(27)19-9-7-18(8-10-19)17(2)25/h3-10H,11-15H2,1-2H3. The van der Waals surface area contributed by atoms with Gasteiger partial charge in [-0.05, 0) is 37.1 Å². The molecule has 1 fully saturated rings. The zero-order chi connectivity index (χ0) is 19.4. The molecule has 0 radical (unpaired) electrons. The summed E-state index contributed by atoms with van der Waals surface area (Å²) in [6, 6.07) is 14.6. The number of nitrogens with zero attached hydrogens (tertiary/aromatic N) is 2. The minimum absolute atomic E-state index is 0.0187. The second-order valence-corrected chi connectivity index (χ2v) is 6.91. The number of hydrogen-bond donors (Lipinski definition) is 0. The molecule has 2 aromatic carbocycles. The van der Waals surface area contributed by atoms with E-state index in [4.69, 9.17) is 0 Å². The Morgan fingerprint density at radius 1 is 0.815 bits per heavy atom. The van der Waals surface area contributed by atoms with Gasteiger partial charge >= 0.3 is 0 Å². The highest BCUT2D eigenvalue weighted by Crippen LogP contribution is 2.13. The van der Waals surface area contributed by atoms with Crippen LogP contribution in [-0.4, -0.2) is 53.6 Å². The summed E-state index contributed by atoms with van der Waals surface area (Å²) in [4.78, 5) is 40.1. The van der Waals surface area contributed by atoms with E-state index in [0.717, 1.165) is 11.1 Å². The van der Waals surface area contributed by atoms with Crippen molar-refractivity contribution in [1.82, 2.24) is 9.80 Å². The molecule has 0 aliphatic carbocycles. The van der Waals surface area contributed by atoms with E-state index in [1.54, 1.807) is 29.2 Å². The number of rotatable bonds is 4. The van der Waals surface area contributed by atoms with Crippen LogP contribution in [-0.2, 0) is 11.2 Å². The number of piperazine rings is 1. The minimum Gasteiger partial charge on any atom is -0.339 e. The zero-order valence-corrected chi connectivity index (χ0v) is 15.8. The Kier molecular flexibility index (Phi) is 5.69. The predicted molar refractivity (Wildman–Crippen MR) is 104 cm³/mol. The molecule has 1 aliphatic rings. The molecule has 2 aromatic rings. The van der Waals surface area contributed by atoms with Crippen molar-refractivity contribution in [2.45, 2.75) is 20.3 Å². The molecular weight excluding hydrogens is 340 g/mol. The van der Waals surface area contributed by atoms with Crippen LogP contribution in [0.3, 0.4) is 0 Å². The number of Topliss-reactive ketones (excluding diaryl/α,β-unsaturated/α-hetero) is 1. The van der Waals surface area contributed by atoms with Crippen molar-refractivity contribution in [3.8, 4) is 0 Å². The predicted octanol–water partition coefficient (Wildman–Crippen LogP) is 2.72. The van der Waals surface area contributed by atoms with Gasteiger partial charge in [-0.15, -0.1) is 0 Å². The van der Waals surface area contributed by atoms with Gasteiger partial charge < -0.3 is 9.80 Å². The number of amides is 2. The molecule has 5 nitrogen and oxygen atoms in total. The summed E-state index contributed by atoms with van der Waals surface area (Å²) in [6.45, 7) is 5.64. The van der Waals surface area contributed by atoms with Crippen molar-refractivity contribution in [2.75, 3.05) is 26.2 Å². The lowest BCUT2D eigenvalue weighted by atomic mass is 10.0. The van der Waals surface area contributed by atoms with Crippen molar-refractivity contribution in [3.63, 3.8) is 0 Å². The van der Waals surface area contributed by atoms with Gasteiger partial charge in [-0.25, -0.2) is 0 Å². The molecule has 5 heteroatoms. The van der Waals surface area contributed by atoms with Gasteiger partial charge in [-0.3, -0.25) is 14.4 Å². The molecule has 1 saturated heterocycles. The molecule has 0 aromatic heterocycles. The molecule has 0 saturated carbocycles. The topological polar surface area (TPSA) is 57.7 Å². The van der Waals surface area contributed by atoms with Crippen molar-refractivity contribution in [2.24, 2.45) is 0 Å². The number of carbonyl (C=O) groups is 3. The fourth-order valence-corrected chi connectivity index (χ4v) is 3.27. The Bertz CT molecular complexity index is 850. The number of ketones is 1. The summed E-state index contributed by atoms with van der Waals surface area (Å²) < 4.78 is 0. The summed E-state index contributed by atoms with van der Waals surface area (Å²) in [5, 5.41) is 0. The number of aryl methyl sites for hydroxylation is 1. The van der Waals surface area contributed by atoms with E-state index >= 15 is 0 Å². The molecular formula is C22H24N2O3. The average Bonchev–Trinajstić information content (AvgIpc) is 2.69. The lowest BCUT2D eigenvalue weighted by molar-refractivity contribution is -0.131. The van der Waals surface area contributed by atoms with E-state index in [2.05, 4.69) is 0 Å². The molecule has 0 spiro atoms. The quantitative estimate of drug-likeness (QED) is 0.784. The molecule has 2 amide bonds. The lowest BCUT2D eigenvalue weighted by Gasteiger charge is -2.35. The molecule has 0 atom stereocenters. The van der Waals surface area contributed by atoms with Crippen molar-refractivity contribution >= 4 is 17.6 Å². The highest BCUT2D eigenvalue weighted by molar-refractivity contribution is 5.97. The van der Waals surface area contributed by atoms with Crippen LogP contribution in [0.1, 0.15) is 38.8 Å². The molecule has 0 N–H and O–H groups in total. The van der Waals surface area contributed by atoms with Crippen LogP contribution in [0.2, 0.25) is 0 Å². The first-order valence-electron chi connectivity index (χ1n) is 9.18. The highest BCUT2D eigenvalue weighted by Gasteiger charge is 2.25. The van der Waals surface area contributed by atoms with Gasteiger partial charge in [-0.2, -0.15) is 0 Å². The molecule has 1 aliphatic heterocycles. The second kappa shape index (κ2) is 8.16. The molecule has 3 rings (SSSR count). The maximum atomic E-state index is 12.6. The van der Waals surface area contributed by atoms with Gasteiger partial charge in [0.15, 0.2) is 5.78 Å². The van der Waals surface area contributed by atoms with E-state index in [1.165, 1.54) is 6.92 Å². The van der Waals surface area contributed by atoms with Crippen LogP contribution in [0.25, 0.3) is 0 Å². The maximum absolute atomic E-state index is 12.6. The fourth-order valence-electron chi connectivity index (χ4n) is 3.27. The monoisotopic (exact) mass is 364 g/mol. The van der Waals surface area contributed by atoms with Crippen LogP contribution in [0.5, 0.6) is 0 Å². The average molecular weight is 364 g/mol. The maximum Gasteiger partial charge on any atom is 0.253 e. The SMILES string of the molecule is CC(=O)c1ccc(C(=O)N2CCN(C(=O)Cc3ccccc3C)CC2)cc1.